The molecule has 1 heterocycles. The van der Waals surface area contributed by atoms with Crippen molar-refractivity contribution in [2.45, 2.75) is 4.90 Å². The van der Waals surface area contributed by atoms with E-state index in [1.807, 2.05) is 0 Å². The third-order valence-corrected chi connectivity index (χ3v) is 4.54. The molecule has 1 saturated heterocycles. The lowest BCUT2D eigenvalue weighted by Gasteiger charge is -2.34. The van der Waals surface area contributed by atoms with Gasteiger partial charge >= 0.3 is 5.97 Å². The predicted octanol–water partition coefficient (Wildman–Crippen LogP) is 0.427. The number of hydrogen-bond acceptors (Lipinski definition) is 3. The zero-order chi connectivity index (χ0) is 14.9. The van der Waals surface area contributed by atoms with E-state index < -0.39 is 22.9 Å². The maximum absolute atomic E-state index is 12.3. The Morgan fingerprint density at radius 2 is 2.00 bits per heavy atom. The Labute approximate surface area is 119 Å². The summed E-state index contributed by atoms with van der Waals surface area (Å²) in [4.78, 5) is 24.5. The Morgan fingerprint density at radius 1 is 1.35 bits per heavy atom. The molecule has 0 saturated carbocycles. The smallest absolute Gasteiger partial charge is 0.309 e. The van der Waals surface area contributed by atoms with E-state index in [0.717, 1.165) is 0 Å². The van der Waals surface area contributed by atoms with Crippen LogP contribution >= 0.6 is 0 Å². The standard InChI is InChI=1S/C13H16N2O4S/c1-14(2)12(16)9-4-3-5-11(6-9)20(19)15-7-10(8-15)13(17)18/h3-6,10H,7-8H2,1-2H3,(H,17,18). The Kier molecular flexibility index (Phi) is 4.20. The molecule has 1 N–H and O–H groups in total. The van der Waals surface area contributed by atoms with Gasteiger partial charge in [0.05, 0.1) is 10.8 Å². The van der Waals surface area contributed by atoms with Crippen LogP contribution < -0.4 is 0 Å². The van der Waals surface area contributed by atoms with Crippen molar-refractivity contribution in [3.05, 3.63) is 29.8 Å². The summed E-state index contributed by atoms with van der Waals surface area (Å²) in [5.74, 6) is -1.48. The first-order valence-electron chi connectivity index (χ1n) is 6.11. The van der Waals surface area contributed by atoms with Crippen LogP contribution in [0.3, 0.4) is 0 Å². The molecule has 6 nitrogen and oxygen atoms in total. The van der Waals surface area contributed by atoms with E-state index in [4.69, 9.17) is 5.11 Å². The molecule has 2 rings (SSSR count). The summed E-state index contributed by atoms with van der Waals surface area (Å²) in [5, 5.41) is 8.81. The lowest BCUT2D eigenvalue weighted by Crippen LogP contribution is -2.50. The van der Waals surface area contributed by atoms with Gasteiger partial charge in [0.15, 0.2) is 0 Å². The van der Waals surface area contributed by atoms with Crippen LogP contribution in [0, 0.1) is 5.92 Å². The molecule has 0 bridgehead atoms. The van der Waals surface area contributed by atoms with Crippen LogP contribution in [-0.4, -0.2) is 57.6 Å². The van der Waals surface area contributed by atoms with Gasteiger partial charge in [0.2, 0.25) is 0 Å². The number of benzene rings is 1. The fourth-order valence-corrected chi connectivity index (χ4v) is 3.23. The molecule has 0 spiro atoms. The van der Waals surface area contributed by atoms with Crippen molar-refractivity contribution in [3.8, 4) is 0 Å². The van der Waals surface area contributed by atoms with E-state index in [-0.39, 0.29) is 19.0 Å². The molecule has 1 unspecified atom stereocenters. The minimum absolute atomic E-state index is 0.157. The van der Waals surface area contributed by atoms with Crippen LogP contribution in [0.1, 0.15) is 10.4 Å². The van der Waals surface area contributed by atoms with E-state index in [1.54, 1.807) is 42.7 Å². The van der Waals surface area contributed by atoms with Crippen LogP contribution in [-0.2, 0) is 15.8 Å². The molecule has 7 heteroatoms. The number of carbonyl (C=O) groups is 2. The first-order valence-corrected chi connectivity index (χ1v) is 7.22. The fourth-order valence-electron chi connectivity index (χ4n) is 1.87. The molecular weight excluding hydrogens is 280 g/mol. The maximum Gasteiger partial charge on any atom is 0.309 e. The van der Waals surface area contributed by atoms with Gasteiger partial charge < -0.3 is 10.0 Å². The molecule has 1 fully saturated rings. The van der Waals surface area contributed by atoms with E-state index in [9.17, 15) is 13.8 Å². The van der Waals surface area contributed by atoms with E-state index in [1.165, 1.54) is 4.90 Å². The number of nitrogens with zero attached hydrogens (tertiary/aromatic N) is 2. The van der Waals surface area contributed by atoms with Crippen molar-refractivity contribution >= 4 is 22.9 Å². The normalized spacial score (nSPS) is 17.3. The molecule has 1 aromatic carbocycles. The summed E-state index contributed by atoms with van der Waals surface area (Å²) < 4.78 is 13.8. The highest BCUT2D eigenvalue weighted by molar-refractivity contribution is 7.82. The zero-order valence-electron chi connectivity index (χ0n) is 11.3. The Balaban J connectivity index is 2.10. The third kappa shape index (κ3) is 2.88. The molecule has 1 amide bonds. The van der Waals surface area contributed by atoms with Crippen molar-refractivity contribution in [1.82, 2.24) is 9.21 Å². The number of amides is 1. The van der Waals surface area contributed by atoms with Crippen LogP contribution in [0.25, 0.3) is 0 Å². The summed E-state index contributed by atoms with van der Waals surface area (Å²) >= 11 is 0. The van der Waals surface area contributed by atoms with Gasteiger partial charge in [0, 0.05) is 32.7 Å². The van der Waals surface area contributed by atoms with Gasteiger partial charge in [-0.1, -0.05) is 6.07 Å². The molecule has 1 atom stereocenters. The van der Waals surface area contributed by atoms with E-state index >= 15 is 0 Å². The van der Waals surface area contributed by atoms with Crippen LogP contribution in [0.15, 0.2) is 29.2 Å². The van der Waals surface area contributed by atoms with E-state index in [2.05, 4.69) is 0 Å². The molecule has 0 aromatic heterocycles. The first kappa shape index (κ1) is 14.7. The zero-order valence-corrected chi connectivity index (χ0v) is 12.1. The average molecular weight is 296 g/mol. The van der Waals surface area contributed by atoms with Gasteiger partial charge in [-0.2, -0.15) is 0 Å². The molecule has 0 radical (unpaired) electrons. The molecular formula is C13H16N2O4S. The number of carboxylic acid groups (broad SMARTS) is 1. The van der Waals surface area contributed by atoms with Gasteiger partial charge in [-0.05, 0) is 18.2 Å². The minimum Gasteiger partial charge on any atom is -0.481 e. The van der Waals surface area contributed by atoms with Crippen molar-refractivity contribution in [3.63, 3.8) is 0 Å². The number of carbonyl (C=O) groups excluding carboxylic acids is 1. The fraction of sp³-hybridized carbons (Fsp3) is 0.385. The van der Waals surface area contributed by atoms with Crippen molar-refractivity contribution < 1.29 is 18.9 Å². The molecule has 20 heavy (non-hydrogen) atoms. The Morgan fingerprint density at radius 3 is 2.55 bits per heavy atom. The summed E-state index contributed by atoms with van der Waals surface area (Å²) in [6.45, 7) is 0.543. The quantitative estimate of drug-likeness (QED) is 0.874. The average Bonchev–Trinajstić information content (AvgIpc) is 2.35. The number of carboxylic acids is 1. The number of hydrogen-bond donors (Lipinski definition) is 1. The second kappa shape index (κ2) is 5.72. The van der Waals surface area contributed by atoms with Gasteiger partial charge in [-0.15, -0.1) is 0 Å². The number of aliphatic carboxylic acids is 1. The molecule has 108 valence electrons. The van der Waals surface area contributed by atoms with Crippen LogP contribution in [0.4, 0.5) is 0 Å². The number of rotatable bonds is 4. The Hall–Kier alpha value is -1.73. The summed E-state index contributed by atoms with van der Waals surface area (Å²) in [7, 11) is 1.88. The largest absolute Gasteiger partial charge is 0.481 e. The minimum atomic E-state index is -1.42. The lowest BCUT2D eigenvalue weighted by molar-refractivity contribution is -0.145. The highest BCUT2D eigenvalue weighted by Crippen LogP contribution is 2.22. The predicted molar refractivity (Wildman–Crippen MR) is 73.6 cm³/mol. The lowest BCUT2D eigenvalue weighted by atomic mass is 10.0. The second-order valence-corrected chi connectivity index (χ2v) is 6.34. The first-order chi connectivity index (χ1) is 9.40. The maximum atomic E-state index is 12.3. The van der Waals surface area contributed by atoms with E-state index in [0.29, 0.717) is 10.5 Å². The van der Waals surface area contributed by atoms with Gasteiger partial charge in [0.1, 0.15) is 11.0 Å². The summed E-state index contributed by atoms with van der Waals surface area (Å²) in [6.07, 6.45) is 0. The second-order valence-electron chi connectivity index (χ2n) is 4.86. The van der Waals surface area contributed by atoms with Crippen LogP contribution in [0.2, 0.25) is 0 Å². The van der Waals surface area contributed by atoms with Gasteiger partial charge in [0.25, 0.3) is 5.91 Å². The SMILES string of the molecule is CN(C)C(=O)c1cccc(S(=O)N2CC(C(=O)O)C2)c1. The topological polar surface area (TPSA) is 77.9 Å². The van der Waals surface area contributed by atoms with Gasteiger partial charge in [-0.25, -0.2) is 8.51 Å². The monoisotopic (exact) mass is 296 g/mol. The highest BCUT2D eigenvalue weighted by atomic mass is 32.2. The highest BCUT2D eigenvalue weighted by Gasteiger charge is 2.36. The Bertz CT molecular complexity index is 567. The molecule has 0 aliphatic carbocycles. The molecule has 1 aliphatic heterocycles. The van der Waals surface area contributed by atoms with Gasteiger partial charge in [-0.3, -0.25) is 9.59 Å². The van der Waals surface area contributed by atoms with Crippen molar-refractivity contribution in [1.29, 1.82) is 0 Å². The van der Waals surface area contributed by atoms with Crippen molar-refractivity contribution in [2.24, 2.45) is 5.92 Å². The molecule has 1 aromatic rings. The summed E-state index contributed by atoms with van der Waals surface area (Å²) in [6, 6.07) is 6.61. The molecule has 1 aliphatic rings. The summed E-state index contributed by atoms with van der Waals surface area (Å²) in [5.41, 5.74) is 0.469. The third-order valence-electron chi connectivity index (χ3n) is 3.12. The van der Waals surface area contributed by atoms with Crippen LogP contribution in [0.5, 0.6) is 0 Å². The van der Waals surface area contributed by atoms with Crippen molar-refractivity contribution in [2.75, 3.05) is 27.2 Å².